The third kappa shape index (κ3) is 4.59. The van der Waals surface area contributed by atoms with Crippen LogP contribution in [0.2, 0.25) is 0 Å². The van der Waals surface area contributed by atoms with Crippen LogP contribution in [-0.2, 0) is 21.5 Å². The average Bonchev–Trinajstić information content (AvgIpc) is 3.04. The van der Waals surface area contributed by atoms with E-state index in [0.717, 1.165) is 24.7 Å². The van der Waals surface area contributed by atoms with Crippen molar-refractivity contribution in [2.24, 2.45) is 0 Å². The third-order valence-electron chi connectivity index (χ3n) is 7.30. The van der Waals surface area contributed by atoms with Gasteiger partial charge in [-0.15, -0.1) is 6.58 Å². The number of hydrogen-bond acceptors (Lipinski definition) is 3. The van der Waals surface area contributed by atoms with E-state index in [0.29, 0.717) is 42.6 Å². The summed E-state index contributed by atoms with van der Waals surface area (Å²) in [5.41, 5.74) is 2.91. The van der Waals surface area contributed by atoms with E-state index in [4.69, 9.17) is 0 Å². The van der Waals surface area contributed by atoms with E-state index < -0.39 is 30.1 Å². The summed E-state index contributed by atoms with van der Waals surface area (Å²) in [5.74, 6) is -0.989. The number of piperidine rings is 1. The van der Waals surface area contributed by atoms with Crippen molar-refractivity contribution in [2.45, 2.75) is 43.9 Å². The maximum Gasteiger partial charge on any atom is 0.412 e. The predicted molar refractivity (Wildman–Crippen MR) is 129 cm³/mol. The highest BCUT2D eigenvalue weighted by Crippen LogP contribution is 2.49. The first-order chi connectivity index (χ1) is 16.6. The summed E-state index contributed by atoms with van der Waals surface area (Å²) in [6.07, 6.45) is -2.75. The zero-order valence-corrected chi connectivity index (χ0v) is 20.0. The van der Waals surface area contributed by atoms with Crippen molar-refractivity contribution in [3.63, 3.8) is 0 Å². The molecule has 2 aliphatic heterocycles. The normalized spacial score (nSPS) is 18.4. The van der Waals surface area contributed by atoms with Gasteiger partial charge in [0.2, 0.25) is 11.8 Å². The van der Waals surface area contributed by atoms with Gasteiger partial charge in [-0.2, -0.15) is 13.2 Å². The fourth-order valence-electron chi connectivity index (χ4n) is 5.44. The van der Waals surface area contributed by atoms with E-state index in [-0.39, 0.29) is 5.91 Å². The molecule has 35 heavy (non-hydrogen) atoms. The molecule has 0 N–H and O–H groups in total. The summed E-state index contributed by atoms with van der Waals surface area (Å²) in [5, 5.41) is 0. The Morgan fingerprint density at radius 1 is 1.14 bits per heavy atom. The van der Waals surface area contributed by atoms with Crippen molar-refractivity contribution < 1.29 is 22.8 Å². The van der Waals surface area contributed by atoms with Gasteiger partial charge in [-0.05, 0) is 55.6 Å². The number of fused-ring (bicyclic) bond motifs is 2. The minimum atomic E-state index is -4.64. The molecule has 2 aliphatic rings. The Balaban J connectivity index is 1.57. The molecule has 0 aliphatic carbocycles. The number of halogens is 3. The zero-order valence-electron chi connectivity index (χ0n) is 20.0. The molecule has 2 aromatic rings. The van der Waals surface area contributed by atoms with E-state index >= 15 is 0 Å². The van der Waals surface area contributed by atoms with Gasteiger partial charge in [0, 0.05) is 19.3 Å². The minimum Gasteiger partial charge on any atom is -0.329 e. The van der Waals surface area contributed by atoms with E-state index in [1.165, 1.54) is 10.5 Å². The molecule has 1 atom stereocenters. The molecule has 4 rings (SSSR count). The smallest absolute Gasteiger partial charge is 0.329 e. The number of likely N-dealkylation sites (tertiary alicyclic amines) is 1. The molecule has 1 saturated heterocycles. The number of alkyl halides is 3. The van der Waals surface area contributed by atoms with Crippen LogP contribution in [0.25, 0.3) is 0 Å². The SMILES string of the molecule is C=C[C@H](N(C)C(=O)CN1C(=O)C2(CCN(Cc3ccccc3)CC2)c2c(C)cccc21)C(F)(F)F. The highest BCUT2D eigenvalue weighted by molar-refractivity contribution is 6.11. The maximum absolute atomic E-state index is 13.8. The summed E-state index contributed by atoms with van der Waals surface area (Å²) in [4.78, 5) is 31.0. The number of rotatable bonds is 6. The number of hydrogen-bond donors (Lipinski definition) is 0. The van der Waals surface area contributed by atoms with E-state index in [1.54, 1.807) is 6.07 Å². The van der Waals surface area contributed by atoms with Crippen LogP contribution < -0.4 is 4.90 Å². The number of likely N-dealkylation sites (N-methyl/N-ethyl adjacent to an activating group) is 1. The van der Waals surface area contributed by atoms with Crippen molar-refractivity contribution in [2.75, 3.05) is 31.6 Å². The van der Waals surface area contributed by atoms with E-state index in [2.05, 4.69) is 23.6 Å². The summed E-state index contributed by atoms with van der Waals surface area (Å²) < 4.78 is 40.0. The van der Waals surface area contributed by atoms with Crippen LogP contribution >= 0.6 is 0 Å². The lowest BCUT2D eigenvalue weighted by Gasteiger charge is -2.39. The van der Waals surface area contributed by atoms with Crippen LogP contribution in [0.3, 0.4) is 0 Å². The molecule has 5 nitrogen and oxygen atoms in total. The molecule has 186 valence electrons. The second-order valence-electron chi connectivity index (χ2n) is 9.43. The summed E-state index contributed by atoms with van der Waals surface area (Å²) in [6.45, 7) is 6.95. The molecule has 1 spiro atoms. The number of aryl methyl sites for hydroxylation is 1. The quantitative estimate of drug-likeness (QED) is 0.568. The number of carbonyl (C=O) groups excluding carboxylic acids is 2. The van der Waals surface area contributed by atoms with Crippen LogP contribution in [0.4, 0.5) is 18.9 Å². The fourth-order valence-corrected chi connectivity index (χ4v) is 5.44. The number of anilines is 1. The summed E-state index contributed by atoms with van der Waals surface area (Å²) >= 11 is 0. The lowest BCUT2D eigenvalue weighted by Crippen LogP contribution is -2.52. The van der Waals surface area contributed by atoms with Crippen molar-refractivity contribution in [3.05, 3.63) is 77.9 Å². The first-order valence-corrected chi connectivity index (χ1v) is 11.7. The Morgan fingerprint density at radius 2 is 1.80 bits per heavy atom. The van der Waals surface area contributed by atoms with Gasteiger partial charge in [-0.1, -0.05) is 48.5 Å². The third-order valence-corrected chi connectivity index (χ3v) is 7.30. The molecular formula is C27H30F3N3O2. The van der Waals surface area contributed by atoms with Gasteiger partial charge in [0.1, 0.15) is 12.6 Å². The first-order valence-electron chi connectivity index (χ1n) is 11.7. The summed E-state index contributed by atoms with van der Waals surface area (Å²) in [7, 11) is 1.09. The largest absolute Gasteiger partial charge is 0.412 e. The maximum atomic E-state index is 13.8. The molecule has 0 unspecified atom stereocenters. The molecule has 0 saturated carbocycles. The van der Waals surface area contributed by atoms with Gasteiger partial charge >= 0.3 is 6.18 Å². The zero-order chi connectivity index (χ0) is 25.4. The molecule has 0 aromatic heterocycles. The van der Waals surface area contributed by atoms with Gasteiger partial charge in [0.15, 0.2) is 0 Å². The highest BCUT2D eigenvalue weighted by atomic mass is 19.4. The second-order valence-corrected chi connectivity index (χ2v) is 9.43. The van der Waals surface area contributed by atoms with Gasteiger partial charge < -0.3 is 9.80 Å². The van der Waals surface area contributed by atoms with Crippen LogP contribution in [0, 0.1) is 6.92 Å². The number of nitrogens with zero attached hydrogens (tertiary/aromatic N) is 3. The Morgan fingerprint density at radius 3 is 2.40 bits per heavy atom. The van der Waals surface area contributed by atoms with E-state index in [9.17, 15) is 22.8 Å². The lowest BCUT2D eigenvalue weighted by atomic mass is 9.72. The Kier molecular flexibility index (Phi) is 6.77. The molecule has 2 aromatic carbocycles. The highest BCUT2D eigenvalue weighted by Gasteiger charge is 2.53. The van der Waals surface area contributed by atoms with Crippen LogP contribution in [0.5, 0.6) is 0 Å². The second kappa shape index (κ2) is 9.49. The van der Waals surface area contributed by atoms with Crippen LogP contribution in [0.1, 0.15) is 29.5 Å². The predicted octanol–water partition coefficient (Wildman–Crippen LogP) is 4.45. The minimum absolute atomic E-state index is 0.204. The molecule has 2 heterocycles. The van der Waals surface area contributed by atoms with Gasteiger partial charge in [0.05, 0.1) is 5.41 Å². The van der Waals surface area contributed by atoms with Crippen molar-refractivity contribution >= 4 is 17.5 Å². The topological polar surface area (TPSA) is 43.9 Å². The lowest BCUT2D eigenvalue weighted by molar-refractivity contribution is -0.175. The molecular weight excluding hydrogens is 455 g/mol. The first kappa shape index (κ1) is 25.0. The van der Waals surface area contributed by atoms with Crippen LogP contribution in [0.15, 0.2) is 61.2 Å². The Bertz CT molecular complexity index is 1110. The fraction of sp³-hybridized carbons (Fsp3) is 0.407. The van der Waals surface area contributed by atoms with Crippen molar-refractivity contribution in [3.8, 4) is 0 Å². The number of amides is 2. The molecule has 0 radical (unpaired) electrons. The van der Waals surface area contributed by atoms with Gasteiger partial charge in [-0.25, -0.2) is 0 Å². The molecule has 1 fully saturated rings. The summed E-state index contributed by atoms with van der Waals surface area (Å²) in [6, 6.07) is 13.6. The number of carbonyl (C=O) groups is 2. The van der Waals surface area contributed by atoms with Crippen molar-refractivity contribution in [1.29, 1.82) is 0 Å². The van der Waals surface area contributed by atoms with Crippen LogP contribution in [-0.4, -0.2) is 60.5 Å². The number of benzene rings is 2. The van der Waals surface area contributed by atoms with E-state index in [1.807, 2.05) is 37.3 Å². The average molecular weight is 486 g/mol. The van der Waals surface area contributed by atoms with Crippen molar-refractivity contribution in [1.82, 2.24) is 9.80 Å². The Hall–Kier alpha value is -3.13. The standard InChI is InChI=1S/C27H30F3N3O2/c1-4-22(27(28,29)30)31(3)23(34)18-33-21-12-8-9-19(2)24(21)26(25(33)35)13-15-32(16-14-26)17-20-10-6-5-7-11-20/h4-12,22H,1,13-18H2,2-3H3/t22-/m0/s1. The molecule has 2 amide bonds. The van der Waals surface area contributed by atoms with Gasteiger partial charge in [0.25, 0.3) is 0 Å². The van der Waals surface area contributed by atoms with Gasteiger partial charge in [-0.3, -0.25) is 14.5 Å². The molecule has 0 bridgehead atoms. The Labute approximate surface area is 203 Å². The molecule has 8 heteroatoms. The monoisotopic (exact) mass is 485 g/mol.